The van der Waals surface area contributed by atoms with E-state index < -0.39 is 16.9 Å². The highest BCUT2D eigenvalue weighted by Gasteiger charge is 2.20. The molecule has 5 heteroatoms. The molecule has 1 aromatic rings. The van der Waals surface area contributed by atoms with E-state index in [4.69, 9.17) is 5.11 Å². The highest BCUT2D eigenvalue weighted by atomic mass is 32.2. The molecule has 1 N–H and O–H groups in total. The summed E-state index contributed by atoms with van der Waals surface area (Å²) in [5.41, 5.74) is -0.0898. The molecule has 0 amide bonds. The fraction of sp³-hybridized carbons (Fsp3) is 0.462. The molecular formula is C13H16F2O2S. The molecule has 0 aliphatic rings. The van der Waals surface area contributed by atoms with Crippen molar-refractivity contribution >= 4 is 17.5 Å². The van der Waals surface area contributed by atoms with Gasteiger partial charge in [-0.3, -0.25) is 4.79 Å². The van der Waals surface area contributed by atoms with Gasteiger partial charge in [0.1, 0.15) is 11.6 Å². The molecule has 0 saturated carbocycles. The first-order valence-electron chi connectivity index (χ1n) is 5.67. The predicted octanol–water partition coefficient (Wildman–Crippen LogP) is 2.90. The summed E-state index contributed by atoms with van der Waals surface area (Å²) in [6, 6.07) is 2.95. The molecule has 0 radical (unpaired) electrons. The highest BCUT2D eigenvalue weighted by Crippen LogP contribution is 2.21. The first kappa shape index (κ1) is 15.1. The molecule has 1 aromatic carbocycles. The van der Waals surface area contributed by atoms with E-state index in [9.17, 15) is 13.6 Å². The van der Waals surface area contributed by atoms with Crippen molar-refractivity contribution < 1.29 is 18.7 Å². The summed E-state index contributed by atoms with van der Waals surface area (Å²) in [5, 5.41) is 8.46. The zero-order valence-corrected chi connectivity index (χ0v) is 11.1. The largest absolute Gasteiger partial charge is 0.396 e. The zero-order chi connectivity index (χ0) is 13.7. The molecule has 0 aliphatic carbocycles. The topological polar surface area (TPSA) is 37.3 Å². The first-order valence-corrected chi connectivity index (χ1v) is 6.72. The Balaban J connectivity index is 2.68. The van der Waals surface area contributed by atoms with Crippen molar-refractivity contribution in [3.8, 4) is 0 Å². The average Bonchev–Trinajstić information content (AvgIpc) is 2.34. The Morgan fingerprint density at radius 3 is 2.61 bits per heavy atom. The number of rotatable bonds is 6. The molecule has 0 saturated heterocycles. The van der Waals surface area contributed by atoms with Crippen LogP contribution in [0.2, 0.25) is 0 Å². The number of ketones is 1. The SMILES string of the molecule is CC(CO)CSC(C)C(=O)c1ccc(F)cc1F. The molecule has 0 heterocycles. The molecule has 0 bridgehead atoms. The van der Waals surface area contributed by atoms with Crippen LogP contribution in [0, 0.1) is 17.6 Å². The number of halogens is 2. The van der Waals surface area contributed by atoms with Crippen LogP contribution in [0.4, 0.5) is 8.78 Å². The number of benzene rings is 1. The Bertz CT molecular complexity index is 423. The maximum atomic E-state index is 13.4. The Kier molecular flexibility index (Phi) is 5.75. The molecule has 0 spiro atoms. The van der Waals surface area contributed by atoms with Gasteiger partial charge < -0.3 is 5.11 Å². The minimum Gasteiger partial charge on any atom is -0.396 e. The Morgan fingerprint density at radius 1 is 1.39 bits per heavy atom. The second-order valence-corrected chi connectivity index (χ2v) is 5.63. The van der Waals surface area contributed by atoms with Crippen LogP contribution in [0.25, 0.3) is 0 Å². The quantitative estimate of drug-likeness (QED) is 0.810. The Hall–Kier alpha value is -0.940. The second-order valence-electron chi connectivity index (χ2n) is 4.25. The van der Waals surface area contributed by atoms with Gasteiger partial charge in [0.2, 0.25) is 0 Å². The van der Waals surface area contributed by atoms with Crippen LogP contribution in [0.15, 0.2) is 18.2 Å². The molecule has 2 unspecified atom stereocenters. The van der Waals surface area contributed by atoms with E-state index in [1.54, 1.807) is 6.92 Å². The van der Waals surface area contributed by atoms with Gasteiger partial charge >= 0.3 is 0 Å². The fourth-order valence-corrected chi connectivity index (χ4v) is 2.35. The van der Waals surface area contributed by atoms with E-state index in [1.165, 1.54) is 17.8 Å². The van der Waals surface area contributed by atoms with Crippen molar-refractivity contribution in [1.82, 2.24) is 0 Å². The summed E-state index contributed by atoms with van der Waals surface area (Å²) < 4.78 is 26.1. The summed E-state index contributed by atoms with van der Waals surface area (Å²) in [5.74, 6) is -1.18. The molecule has 2 nitrogen and oxygen atoms in total. The standard InChI is InChI=1S/C13H16F2O2S/c1-8(6-16)7-18-9(2)13(17)11-4-3-10(14)5-12(11)15/h3-5,8-9,16H,6-7H2,1-2H3. The lowest BCUT2D eigenvalue weighted by atomic mass is 10.1. The van der Waals surface area contributed by atoms with Crippen molar-refractivity contribution in [3.05, 3.63) is 35.4 Å². The van der Waals surface area contributed by atoms with Crippen LogP contribution in [0.3, 0.4) is 0 Å². The van der Waals surface area contributed by atoms with E-state index in [0.717, 1.165) is 6.07 Å². The minimum absolute atomic E-state index is 0.0544. The number of carbonyl (C=O) groups excluding carboxylic acids is 1. The molecule has 1 rings (SSSR count). The van der Waals surface area contributed by atoms with Crippen molar-refractivity contribution in [1.29, 1.82) is 0 Å². The lowest BCUT2D eigenvalue weighted by Crippen LogP contribution is -2.17. The molecule has 0 aliphatic heterocycles. The van der Waals surface area contributed by atoms with Crippen LogP contribution in [0.5, 0.6) is 0 Å². The van der Waals surface area contributed by atoms with Gasteiger partial charge in [-0.2, -0.15) is 11.8 Å². The van der Waals surface area contributed by atoms with Crippen molar-refractivity contribution in [3.63, 3.8) is 0 Å². The zero-order valence-electron chi connectivity index (χ0n) is 10.3. The summed E-state index contributed by atoms with van der Waals surface area (Å²) in [6.07, 6.45) is 0. The average molecular weight is 274 g/mol. The lowest BCUT2D eigenvalue weighted by Gasteiger charge is -2.13. The molecular weight excluding hydrogens is 258 g/mol. The molecule has 18 heavy (non-hydrogen) atoms. The number of aliphatic hydroxyl groups is 1. The van der Waals surface area contributed by atoms with Crippen molar-refractivity contribution in [2.24, 2.45) is 5.92 Å². The van der Waals surface area contributed by atoms with Crippen molar-refractivity contribution in [2.45, 2.75) is 19.1 Å². The minimum atomic E-state index is -0.831. The second kappa shape index (κ2) is 6.85. The van der Waals surface area contributed by atoms with Crippen LogP contribution < -0.4 is 0 Å². The fourth-order valence-electron chi connectivity index (χ4n) is 1.35. The van der Waals surface area contributed by atoms with Gasteiger partial charge in [0.05, 0.1) is 10.8 Å². The third-order valence-corrected chi connectivity index (χ3v) is 3.98. The highest BCUT2D eigenvalue weighted by molar-refractivity contribution is 8.00. The van der Waals surface area contributed by atoms with Crippen molar-refractivity contribution in [2.75, 3.05) is 12.4 Å². The molecule has 2 atom stereocenters. The number of carbonyl (C=O) groups is 1. The van der Waals surface area contributed by atoms with Crippen LogP contribution in [0.1, 0.15) is 24.2 Å². The molecule has 0 aromatic heterocycles. The third-order valence-electron chi connectivity index (χ3n) is 2.51. The van der Waals surface area contributed by atoms with Crippen LogP contribution >= 0.6 is 11.8 Å². The number of Topliss-reactive ketones (excluding diaryl/α,β-unsaturated/α-hetero) is 1. The van der Waals surface area contributed by atoms with Gasteiger partial charge in [0.15, 0.2) is 5.78 Å². The maximum Gasteiger partial charge on any atom is 0.178 e. The van der Waals surface area contributed by atoms with Crippen LogP contribution in [-0.2, 0) is 0 Å². The smallest absolute Gasteiger partial charge is 0.178 e. The van der Waals surface area contributed by atoms with E-state index in [1.807, 2.05) is 6.92 Å². The van der Waals surface area contributed by atoms with Crippen LogP contribution in [-0.4, -0.2) is 28.5 Å². The summed E-state index contributed by atoms with van der Waals surface area (Å²) in [7, 11) is 0. The van der Waals surface area contributed by atoms with Gasteiger partial charge in [-0.15, -0.1) is 0 Å². The summed E-state index contributed by atoms with van der Waals surface area (Å²) in [6.45, 7) is 3.60. The Morgan fingerprint density at radius 2 is 2.06 bits per heavy atom. The van der Waals surface area contributed by atoms with Gasteiger partial charge in [-0.05, 0) is 30.7 Å². The maximum absolute atomic E-state index is 13.4. The summed E-state index contributed by atoms with van der Waals surface area (Å²) >= 11 is 1.35. The molecule has 0 fully saturated rings. The van der Waals surface area contributed by atoms with E-state index >= 15 is 0 Å². The predicted molar refractivity (Wildman–Crippen MR) is 68.9 cm³/mol. The third kappa shape index (κ3) is 4.07. The number of hydrogen-bond donors (Lipinski definition) is 1. The van der Waals surface area contributed by atoms with Gasteiger partial charge in [0, 0.05) is 12.7 Å². The number of aliphatic hydroxyl groups excluding tert-OH is 1. The summed E-state index contributed by atoms with van der Waals surface area (Å²) in [4.78, 5) is 11.9. The van der Waals surface area contributed by atoms with E-state index in [2.05, 4.69) is 0 Å². The van der Waals surface area contributed by atoms with E-state index in [0.29, 0.717) is 11.8 Å². The number of hydrogen-bond acceptors (Lipinski definition) is 3. The molecule has 100 valence electrons. The van der Waals surface area contributed by atoms with Gasteiger partial charge in [0.25, 0.3) is 0 Å². The number of thioether (sulfide) groups is 1. The van der Waals surface area contributed by atoms with Gasteiger partial charge in [-0.25, -0.2) is 8.78 Å². The monoisotopic (exact) mass is 274 g/mol. The first-order chi connectivity index (χ1) is 8.45. The lowest BCUT2D eigenvalue weighted by molar-refractivity contribution is 0.0990. The van der Waals surface area contributed by atoms with E-state index in [-0.39, 0.29) is 23.9 Å². The normalized spacial score (nSPS) is 14.3. The van der Waals surface area contributed by atoms with Gasteiger partial charge in [-0.1, -0.05) is 6.92 Å². The Labute approximate surface area is 109 Å².